The lowest BCUT2D eigenvalue weighted by Gasteiger charge is -2.14. The van der Waals surface area contributed by atoms with E-state index in [2.05, 4.69) is 14.8 Å². The van der Waals surface area contributed by atoms with E-state index in [0.717, 1.165) is 5.56 Å². The molecule has 6 nitrogen and oxygen atoms in total. The molecule has 0 saturated heterocycles. The van der Waals surface area contributed by atoms with Gasteiger partial charge in [-0.15, -0.1) is 0 Å². The van der Waals surface area contributed by atoms with Crippen LogP contribution in [-0.4, -0.2) is 38.1 Å². The Bertz CT molecular complexity index is 539. The van der Waals surface area contributed by atoms with Crippen molar-refractivity contribution in [3.05, 3.63) is 48.0 Å². The fourth-order valence-electron chi connectivity index (χ4n) is 1.75. The number of ether oxygens (including phenoxy) is 2. The van der Waals surface area contributed by atoms with Crippen LogP contribution in [0.1, 0.15) is 12.0 Å². The summed E-state index contributed by atoms with van der Waals surface area (Å²) in [5, 5.41) is 2.59. The predicted molar refractivity (Wildman–Crippen MR) is 79.9 cm³/mol. The molecule has 1 N–H and O–H groups in total. The van der Waals surface area contributed by atoms with Crippen molar-refractivity contribution in [1.29, 1.82) is 0 Å². The molecule has 0 unspecified atom stereocenters. The van der Waals surface area contributed by atoms with Crippen molar-refractivity contribution in [3.63, 3.8) is 0 Å². The number of carbonyl (C=O) groups is 3. The Morgan fingerprint density at radius 1 is 1.14 bits per heavy atom. The minimum atomic E-state index is -0.845. The molecular weight excluding hydrogens is 286 g/mol. The summed E-state index contributed by atoms with van der Waals surface area (Å²) in [5.74, 6) is -1.40. The van der Waals surface area contributed by atoms with Gasteiger partial charge in [-0.25, -0.2) is 9.59 Å². The van der Waals surface area contributed by atoms with Gasteiger partial charge in [0, 0.05) is 6.08 Å². The number of hydrogen-bond donors (Lipinski definition) is 1. The van der Waals surface area contributed by atoms with Crippen LogP contribution in [0.15, 0.2) is 42.5 Å². The van der Waals surface area contributed by atoms with Gasteiger partial charge in [-0.05, 0) is 12.0 Å². The van der Waals surface area contributed by atoms with Crippen LogP contribution in [0, 0.1) is 0 Å². The maximum atomic E-state index is 12.0. The van der Waals surface area contributed by atoms with Crippen molar-refractivity contribution in [2.24, 2.45) is 0 Å². The van der Waals surface area contributed by atoms with E-state index < -0.39 is 18.0 Å². The molecule has 1 atom stereocenters. The molecule has 1 aromatic rings. The number of nitrogens with one attached hydrogen (secondary N) is 1. The predicted octanol–water partition coefficient (Wildman–Crippen LogP) is 1.01. The Hall–Kier alpha value is -2.63. The maximum absolute atomic E-state index is 12.0. The first kappa shape index (κ1) is 17.4. The van der Waals surface area contributed by atoms with E-state index in [9.17, 15) is 14.4 Å². The fourth-order valence-corrected chi connectivity index (χ4v) is 1.75. The molecule has 1 rings (SSSR count). The Morgan fingerprint density at radius 3 is 2.41 bits per heavy atom. The highest BCUT2D eigenvalue weighted by Gasteiger charge is 2.20. The lowest BCUT2D eigenvalue weighted by molar-refractivity contribution is -0.145. The molecular formula is C16H19NO5. The zero-order valence-electron chi connectivity index (χ0n) is 12.6. The Morgan fingerprint density at radius 2 is 1.82 bits per heavy atom. The van der Waals surface area contributed by atoms with Gasteiger partial charge in [-0.1, -0.05) is 36.4 Å². The van der Waals surface area contributed by atoms with Crippen molar-refractivity contribution in [2.45, 2.75) is 18.9 Å². The summed E-state index contributed by atoms with van der Waals surface area (Å²) in [6, 6.07) is 8.32. The van der Waals surface area contributed by atoms with Crippen LogP contribution in [0.3, 0.4) is 0 Å². The Labute approximate surface area is 129 Å². The molecule has 1 amide bonds. The van der Waals surface area contributed by atoms with E-state index in [0.29, 0.717) is 0 Å². The van der Waals surface area contributed by atoms with Crippen LogP contribution in [0.5, 0.6) is 0 Å². The van der Waals surface area contributed by atoms with Gasteiger partial charge in [0.1, 0.15) is 6.04 Å². The van der Waals surface area contributed by atoms with Gasteiger partial charge < -0.3 is 14.8 Å². The summed E-state index contributed by atoms with van der Waals surface area (Å²) in [4.78, 5) is 34.6. The molecule has 0 spiro atoms. The minimum Gasteiger partial charge on any atom is -0.467 e. The van der Waals surface area contributed by atoms with Crippen molar-refractivity contribution < 1.29 is 23.9 Å². The van der Waals surface area contributed by atoms with Gasteiger partial charge in [0.25, 0.3) is 0 Å². The van der Waals surface area contributed by atoms with Crippen molar-refractivity contribution in [1.82, 2.24) is 5.32 Å². The quantitative estimate of drug-likeness (QED) is 0.600. The van der Waals surface area contributed by atoms with Gasteiger partial charge in [-0.3, -0.25) is 4.79 Å². The molecule has 0 saturated carbocycles. The summed E-state index contributed by atoms with van der Waals surface area (Å²) in [6.45, 7) is 0. The molecule has 0 heterocycles. The van der Waals surface area contributed by atoms with Crippen LogP contribution >= 0.6 is 0 Å². The number of amides is 1. The molecule has 0 aromatic heterocycles. The standard InChI is InChI=1S/C16H19NO5/c1-21-15(19)10-6-9-13(16(20)22-2)17-14(18)11-12-7-4-3-5-8-12/h3-8,10,13H,9,11H2,1-2H3,(H,17,18)/b10-6+/t13-/m0/s1. The van der Waals surface area contributed by atoms with Crippen molar-refractivity contribution >= 4 is 17.8 Å². The molecule has 1 aromatic carbocycles. The third-order valence-corrected chi connectivity index (χ3v) is 2.86. The number of benzene rings is 1. The van der Waals surface area contributed by atoms with E-state index in [4.69, 9.17) is 0 Å². The SMILES string of the molecule is COC(=O)/C=C/C[C@H](NC(=O)Cc1ccccc1)C(=O)OC. The molecule has 0 aliphatic carbocycles. The Balaban J connectivity index is 2.60. The van der Waals surface area contributed by atoms with Crippen molar-refractivity contribution in [3.8, 4) is 0 Å². The monoisotopic (exact) mass is 305 g/mol. The third kappa shape index (κ3) is 6.21. The van der Waals surface area contributed by atoms with Gasteiger partial charge in [0.15, 0.2) is 0 Å². The highest BCUT2D eigenvalue weighted by molar-refractivity contribution is 5.86. The smallest absolute Gasteiger partial charge is 0.330 e. The fraction of sp³-hybridized carbons (Fsp3) is 0.312. The molecule has 6 heteroatoms. The highest BCUT2D eigenvalue weighted by Crippen LogP contribution is 2.02. The van der Waals surface area contributed by atoms with E-state index >= 15 is 0 Å². The largest absolute Gasteiger partial charge is 0.467 e. The van der Waals surface area contributed by atoms with Gasteiger partial charge in [-0.2, -0.15) is 0 Å². The molecule has 0 aliphatic heterocycles. The molecule has 0 aliphatic rings. The van der Waals surface area contributed by atoms with Gasteiger partial charge in [0.05, 0.1) is 20.6 Å². The number of carbonyl (C=O) groups excluding carboxylic acids is 3. The van der Waals surface area contributed by atoms with Gasteiger partial charge in [0.2, 0.25) is 5.91 Å². The zero-order chi connectivity index (χ0) is 16.4. The van der Waals surface area contributed by atoms with E-state index in [-0.39, 0.29) is 18.7 Å². The lowest BCUT2D eigenvalue weighted by atomic mass is 10.1. The normalized spacial score (nSPS) is 11.7. The van der Waals surface area contributed by atoms with Crippen LogP contribution in [0.2, 0.25) is 0 Å². The average Bonchev–Trinajstić information content (AvgIpc) is 2.53. The van der Waals surface area contributed by atoms with E-state index in [1.807, 2.05) is 30.3 Å². The summed E-state index contributed by atoms with van der Waals surface area (Å²) >= 11 is 0. The van der Waals surface area contributed by atoms with E-state index in [1.54, 1.807) is 0 Å². The zero-order valence-corrected chi connectivity index (χ0v) is 12.6. The van der Waals surface area contributed by atoms with Crippen LogP contribution in [-0.2, 0) is 30.3 Å². The summed E-state index contributed by atoms with van der Waals surface area (Å²) in [7, 11) is 2.49. The summed E-state index contributed by atoms with van der Waals surface area (Å²) in [6.07, 6.45) is 2.95. The second-order valence-corrected chi connectivity index (χ2v) is 4.47. The molecule has 0 radical (unpaired) electrons. The first-order valence-corrected chi connectivity index (χ1v) is 6.72. The Kier molecular flexibility index (Phi) is 7.39. The molecule has 0 bridgehead atoms. The molecule has 118 valence electrons. The summed E-state index contributed by atoms with van der Waals surface area (Å²) < 4.78 is 9.09. The average molecular weight is 305 g/mol. The maximum Gasteiger partial charge on any atom is 0.330 e. The second kappa shape index (κ2) is 9.33. The number of rotatable bonds is 7. The first-order valence-electron chi connectivity index (χ1n) is 6.72. The highest BCUT2D eigenvalue weighted by atomic mass is 16.5. The van der Waals surface area contributed by atoms with Crippen LogP contribution in [0.4, 0.5) is 0 Å². The topological polar surface area (TPSA) is 81.7 Å². The molecule has 22 heavy (non-hydrogen) atoms. The minimum absolute atomic E-state index is 0.141. The van der Waals surface area contributed by atoms with Crippen LogP contribution in [0.25, 0.3) is 0 Å². The second-order valence-electron chi connectivity index (χ2n) is 4.47. The first-order chi connectivity index (χ1) is 10.6. The third-order valence-electron chi connectivity index (χ3n) is 2.86. The molecule has 0 fully saturated rings. The number of esters is 2. The summed E-state index contributed by atoms with van der Waals surface area (Å²) in [5.41, 5.74) is 0.841. The number of hydrogen-bond acceptors (Lipinski definition) is 5. The van der Waals surface area contributed by atoms with E-state index in [1.165, 1.54) is 26.4 Å². The van der Waals surface area contributed by atoms with Gasteiger partial charge >= 0.3 is 11.9 Å². The van der Waals surface area contributed by atoms with Crippen molar-refractivity contribution in [2.75, 3.05) is 14.2 Å². The number of methoxy groups -OCH3 is 2. The lowest BCUT2D eigenvalue weighted by Crippen LogP contribution is -2.41. The van der Waals surface area contributed by atoms with Crippen LogP contribution < -0.4 is 5.32 Å².